The summed E-state index contributed by atoms with van der Waals surface area (Å²) in [6.07, 6.45) is 0. The van der Waals surface area contributed by atoms with Crippen molar-refractivity contribution in [1.82, 2.24) is 20.2 Å². The molecule has 22 heavy (non-hydrogen) atoms. The zero-order valence-electron chi connectivity index (χ0n) is 12.5. The molecule has 6 nitrogen and oxygen atoms in total. The zero-order valence-corrected chi connectivity index (χ0v) is 14.2. The highest BCUT2D eigenvalue weighted by Gasteiger charge is 2.30. The second-order valence-electron chi connectivity index (χ2n) is 5.13. The van der Waals surface area contributed by atoms with Crippen molar-refractivity contribution in [3.8, 4) is 0 Å². The molecule has 1 aliphatic heterocycles. The van der Waals surface area contributed by atoms with E-state index >= 15 is 0 Å². The van der Waals surface area contributed by atoms with Crippen molar-refractivity contribution in [2.75, 3.05) is 19.8 Å². The van der Waals surface area contributed by atoms with Crippen molar-refractivity contribution in [3.05, 3.63) is 32.2 Å². The second-order valence-corrected chi connectivity index (χ2v) is 6.96. The van der Waals surface area contributed by atoms with Crippen LogP contribution >= 0.6 is 22.7 Å². The Morgan fingerprint density at radius 1 is 1.50 bits per heavy atom. The predicted molar refractivity (Wildman–Crippen MR) is 86.2 cm³/mol. The number of carbonyl (C=O) groups excluding carboxylic acids is 1. The summed E-state index contributed by atoms with van der Waals surface area (Å²) < 4.78 is 5.53. The molecule has 0 saturated carbocycles. The van der Waals surface area contributed by atoms with Gasteiger partial charge in [0.25, 0.3) is 0 Å². The molecule has 2 amide bonds. The fraction of sp³-hybridized carbons (Fsp3) is 0.500. The first kappa shape index (κ1) is 15.4. The number of hydrogen-bond donors (Lipinski definition) is 1. The third kappa shape index (κ3) is 3.29. The van der Waals surface area contributed by atoms with Crippen LogP contribution in [0.15, 0.2) is 10.9 Å². The summed E-state index contributed by atoms with van der Waals surface area (Å²) >= 11 is 3.13. The maximum Gasteiger partial charge on any atom is 0.318 e. The lowest BCUT2D eigenvalue weighted by molar-refractivity contribution is 0.0115. The maximum absolute atomic E-state index is 12.5. The van der Waals surface area contributed by atoms with Crippen LogP contribution in [0.2, 0.25) is 0 Å². The Bertz CT molecular complexity index is 655. The predicted octanol–water partition coefficient (Wildman–Crippen LogP) is 2.50. The van der Waals surface area contributed by atoms with Gasteiger partial charge < -0.3 is 15.0 Å². The molecule has 3 heterocycles. The second kappa shape index (κ2) is 6.72. The largest absolute Gasteiger partial charge is 0.377 e. The first-order chi connectivity index (χ1) is 10.6. The van der Waals surface area contributed by atoms with Crippen molar-refractivity contribution >= 4 is 28.7 Å². The van der Waals surface area contributed by atoms with Crippen LogP contribution in [0, 0.1) is 13.8 Å². The topological polar surface area (TPSA) is 67.3 Å². The van der Waals surface area contributed by atoms with Gasteiger partial charge in [-0.3, -0.25) is 0 Å². The molecule has 1 aliphatic rings. The summed E-state index contributed by atoms with van der Waals surface area (Å²) in [6.45, 7) is 6.06. The Labute approximate surface area is 137 Å². The average molecular weight is 338 g/mol. The van der Waals surface area contributed by atoms with E-state index in [9.17, 15) is 4.79 Å². The van der Waals surface area contributed by atoms with Crippen LogP contribution in [-0.2, 0) is 11.3 Å². The quantitative estimate of drug-likeness (QED) is 0.934. The van der Waals surface area contributed by atoms with Gasteiger partial charge in [-0.15, -0.1) is 22.7 Å². The van der Waals surface area contributed by atoms with E-state index in [1.165, 1.54) is 0 Å². The standard InChI is InChI=1S/C14H18N4O2S2/c1-9-7-21-13(17-9)11-6-20-4-3-18(11)14(19)15-5-12-10(2)16-8-22-12/h7-8,11H,3-6H2,1-2H3,(H,15,19). The Morgan fingerprint density at radius 3 is 3.05 bits per heavy atom. The van der Waals surface area contributed by atoms with E-state index in [-0.39, 0.29) is 12.1 Å². The van der Waals surface area contributed by atoms with Gasteiger partial charge in [-0.05, 0) is 13.8 Å². The van der Waals surface area contributed by atoms with Gasteiger partial charge in [0, 0.05) is 22.5 Å². The van der Waals surface area contributed by atoms with Gasteiger partial charge >= 0.3 is 6.03 Å². The summed E-state index contributed by atoms with van der Waals surface area (Å²) in [4.78, 5) is 24.1. The molecule has 1 fully saturated rings. The average Bonchev–Trinajstić information content (AvgIpc) is 3.13. The molecule has 1 atom stereocenters. The Morgan fingerprint density at radius 2 is 2.36 bits per heavy atom. The van der Waals surface area contributed by atoms with Gasteiger partial charge in [0.1, 0.15) is 11.0 Å². The van der Waals surface area contributed by atoms with E-state index in [0.717, 1.165) is 21.3 Å². The molecule has 0 bridgehead atoms. The van der Waals surface area contributed by atoms with Crippen LogP contribution < -0.4 is 5.32 Å². The van der Waals surface area contributed by atoms with Gasteiger partial charge in [-0.25, -0.2) is 14.8 Å². The number of carbonyl (C=O) groups is 1. The van der Waals surface area contributed by atoms with Crippen LogP contribution in [0.5, 0.6) is 0 Å². The summed E-state index contributed by atoms with van der Waals surface area (Å²) in [5.41, 5.74) is 3.75. The highest BCUT2D eigenvalue weighted by Crippen LogP contribution is 2.27. The minimum atomic E-state index is -0.102. The normalized spacial score (nSPS) is 18.5. The number of urea groups is 1. The molecule has 0 spiro atoms. The van der Waals surface area contributed by atoms with Crippen LogP contribution in [0.4, 0.5) is 4.79 Å². The smallest absolute Gasteiger partial charge is 0.318 e. The van der Waals surface area contributed by atoms with Gasteiger partial charge in [0.05, 0.1) is 31.0 Å². The number of ether oxygens (including phenoxy) is 1. The first-order valence-electron chi connectivity index (χ1n) is 7.08. The molecule has 1 saturated heterocycles. The zero-order chi connectivity index (χ0) is 15.5. The highest BCUT2D eigenvalue weighted by molar-refractivity contribution is 7.10. The van der Waals surface area contributed by atoms with Crippen LogP contribution in [-0.4, -0.2) is 40.7 Å². The third-order valence-electron chi connectivity index (χ3n) is 3.56. The van der Waals surface area contributed by atoms with Gasteiger partial charge in [0.2, 0.25) is 0 Å². The number of thiazole rings is 2. The van der Waals surface area contributed by atoms with Crippen molar-refractivity contribution in [2.45, 2.75) is 26.4 Å². The van der Waals surface area contributed by atoms with E-state index in [2.05, 4.69) is 15.3 Å². The summed E-state index contributed by atoms with van der Waals surface area (Å²) in [7, 11) is 0. The molecule has 1 unspecified atom stereocenters. The maximum atomic E-state index is 12.5. The van der Waals surface area contributed by atoms with Crippen LogP contribution in [0.3, 0.4) is 0 Å². The van der Waals surface area contributed by atoms with E-state index in [0.29, 0.717) is 26.3 Å². The Hall–Kier alpha value is -1.51. The Balaban J connectivity index is 1.67. The lowest BCUT2D eigenvalue weighted by Gasteiger charge is -2.34. The summed E-state index contributed by atoms with van der Waals surface area (Å²) in [5.74, 6) is 0. The van der Waals surface area contributed by atoms with E-state index in [1.807, 2.05) is 24.1 Å². The fourth-order valence-corrected chi connectivity index (χ4v) is 3.94. The van der Waals surface area contributed by atoms with Gasteiger partial charge in [-0.2, -0.15) is 0 Å². The molecule has 0 aliphatic carbocycles. The van der Waals surface area contributed by atoms with E-state index in [4.69, 9.17) is 4.74 Å². The molecule has 0 aromatic carbocycles. The van der Waals surface area contributed by atoms with Crippen molar-refractivity contribution in [1.29, 1.82) is 0 Å². The van der Waals surface area contributed by atoms with E-state index in [1.54, 1.807) is 28.2 Å². The highest BCUT2D eigenvalue weighted by atomic mass is 32.1. The number of nitrogens with zero attached hydrogens (tertiary/aromatic N) is 3. The number of morpholine rings is 1. The lowest BCUT2D eigenvalue weighted by Crippen LogP contribution is -2.47. The first-order valence-corrected chi connectivity index (χ1v) is 8.84. The minimum absolute atomic E-state index is 0.0750. The number of rotatable bonds is 3. The molecule has 2 aromatic rings. The number of nitrogens with one attached hydrogen (secondary N) is 1. The molecule has 1 N–H and O–H groups in total. The number of hydrogen-bond acceptors (Lipinski definition) is 6. The molecule has 118 valence electrons. The molecular formula is C14H18N4O2S2. The molecule has 2 aromatic heterocycles. The van der Waals surface area contributed by atoms with Gasteiger partial charge in [0.15, 0.2) is 0 Å². The minimum Gasteiger partial charge on any atom is -0.377 e. The molecular weight excluding hydrogens is 320 g/mol. The number of aryl methyl sites for hydroxylation is 2. The molecule has 8 heteroatoms. The fourth-order valence-electron chi connectivity index (χ4n) is 2.33. The van der Waals surface area contributed by atoms with Crippen LogP contribution in [0.25, 0.3) is 0 Å². The Kier molecular flexibility index (Phi) is 4.70. The van der Waals surface area contributed by atoms with E-state index < -0.39 is 0 Å². The molecule has 0 radical (unpaired) electrons. The summed E-state index contributed by atoms with van der Waals surface area (Å²) in [6, 6.07) is -0.177. The number of amides is 2. The SMILES string of the molecule is Cc1csc(C2COCCN2C(=O)NCc2scnc2C)n1. The van der Waals surface area contributed by atoms with Crippen molar-refractivity contribution in [3.63, 3.8) is 0 Å². The van der Waals surface area contributed by atoms with Crippen molar-refractivity contribution < 1.29 is 9.53 Å². The van der Waals surface area contributed by atoms with Crippen LogP contribution in [0.1, 0.15) is 27.3 Å². The van der Waals surface area contributed by atoms with Crippen molar-refractivity contribution in [2.24, 2.45) is 0 Å². The summed E-state index contributed by atoms with van der Waals surface area (Å²) in [5, 5.41) is 5.91. The van der Waals surface area contributed by atoms with Gasteiger partial charge in [-0.1, -0.05) is 0 Å². The molecule has 3 rings (SSSR count). The number of aromatic nitrogens is 2. The monoisotopic (exact) mass is 338 g/mol. The lowest BCUT2D eigenvalue weighted by atomic mass is 10.2. The third-order valence-corrected chi connectivity index (χ3v) is 5.56.